The van der Waals surface area contributed by atoms with Gasteiger partial charge in [-0.2, -0.15) is 0 Å². The molecule has 0 saturated heterocycles. The van der Waals surface area contributed by atoms with Crippen molar-refractivity contribution in [2.24, 2.45) is 5.41 Å². The van der Waals surface area contributed by atoms with E-state index in [1.165, 1.54) is 5.57 Å². The number of aryl methyl sites for hydroxylation is 1. The van der Waals surface area contributed by atoms with Crippen LogP contribution in [0.25, 0.3) is 6.08 Å². The van der Waals surface area contributed by atoms with Gasteiger partial charge in [0.2, 0.25) is 11.8 Å². The van der Waals surface area contributed by atoms with Crippen LogP contribution in [-0.4, -0.2) is 10.2 Å². The zero-order chi connectivity index (χ0) is 10.1. The molecule has 3 nitrogen and oxygen atoms in total. The third kappa shape index (κ3) is 2.68. The van der Waals surface area contributed by atoms with Gasteiger partial charge in [0.1, 0.15) is 0 Å². The highest BCUT2D eigenvalue weighted by Gasteiger charge is 2.13. The summed E-state index contributed by atoms with van der Waals surface area (Å²) in [4.78, 5) is 0. The van der Waals surface area contributed by atoms with E-state index in [-0.39, 0.29) is 5.41 Å². The van der Waals surface area contributed by atoms with Gasteiger partial charge >= 0.3 is 0 Å². The van der Waals surface area contributed by atoms with Crippen LogP contribution in [-0.2, 0) is 0 Å². The Morgan fingerprint density at radius 3 is 2.31 bits per heavy atom. The Labute approximate surface area is 78.9 Å². The molecule has 0 radical (unpaired) electrons. The minimum atomic E-state index is 0.155. The zero-order valence-electron chi connectivity index (χ0n) is 8.88. The molecule has 72 valence electrons. The fraction of sp³-hybridized carbons (Fsp3) is 0.600. The molecule has 0 amide bonds. The van der Waals surface area contributed by atoms with Gasteiger partial charge < -0.3 is 4.42 Å². The Bertz CT molecular complexity index is 318. The van der Waals surface area contributed by atoms with Crippen molar-refractivity contribution in [2.45, 2.75) is 34.6 Å². The van der Waals surface area contributed by atoms with E-state index in [1.54, 1.807) is 6.92 Å². The molecule has 0 saturated carbocycles. The number of hydrogen-bond acceptors (Lipinski definition) is 3. The summed E-state index contributed by atoms with van der Waals surface area (Å²) in [7, 11) is 0. The number of allylic oxidation sites excluding steroid dienone is 1. The lowest BCUT2D eigenvalue weighted by Crippen LogP contribution is -2.05. The summed E-state index contributed by atoms with van der Waals surface area (Å²) in [6.45, 7) is 10.3. The molecule has 0 aliphatic rings. The molecule has 3 heteroatoms. The van der Waals surface area contributed by atoms with Crippen LogP contribution in [0.4, 0.5) is 0 Å². The van der Waals surface area contributed by atoms with Gasteiger partial charge in [-0.1, -0.05) is 26.3 Å². The van der Waals surface area contributed by atoms with Crippen LogP contribution < -0.4 is 0 Å². The monoisotopic (exact) mass is 180 g/mol. The smallest absolute Gasteiger partial charge is 0.240 e. The summed E-state index contributed by atoms with van der Waals surface area (Å²) in [6, 6.07) is 0. The lowest BCUT2D eigenvalue weighted by Gasteiger charge is -2.18. The maximum absolute atomic E-state index is 5.25. The Kier molecular flexibility index (Phi) is 2.55. The minimum Gasteiger partial charge on any atom is -0.422 e. The van der Waals surface area contributed by atoms with E-state index in [4.69, 9.17) is 4.42 Å². The van der Waals surface area contributed by atoms with Crippen LogP contribution in [0.15, 0.2) is 9.99 Å². The Morgan fingerprint density at radius 1 is 1.31 bits per heavy atom. The van der Waals surface area contributed by atoms with Crippen LogP contribution in [0.5, 0.6) is 0 Å². The SMILES string of the molecule is C/C(=C\c1nnc(C)o1)C(C)(C)C. The minimum absolute atomic E-state index is 0.155. The van der Waals surface area contributed by atoms with Crippen LogP contribution in [0.3, 0.4) is 0 Å². The van der Waals surface area contributed by atoms with Crippen molar-refractivity contribution in [3.8, 4) is 0 Å². The van der Waals surface area contributed by atoms with E-state index >= 15 is 0 Å². The second-order valence-electron chi connectivity index (χ2n) is 4.24. The summed E-state index contributed by atoms with van der Waals surface area (Å²) < 4.78 is 5.25. The Hall–Kier alpha value is -1.12. The highest BCUT2D eigenvalue weighted by Crippen LogP contribution is 2.25. The van der Waals surface area contributed by atoms with Crippen molar-refractivity contribution in [1.82, 2.24) is 10.2 Å². The van der Waals surface area contributed by atoms with Gasteiger partial charge in [0.25, 0.3) is 0 Å². The van der Waals surface area contributed by atoms with Crippen LogP contribution in [0, 0.1) is 12.3 Å². The number of rotatable bonds is 1. The second-order valence-corrected chi connectivity index (χ2v) is 4.24. The van der Waals surface area contributed by atoms with E-state index in [2.05, 4.69) is 37.9 Å². The second kappa shape index (κ2) is 3.32. The molecular weight excluding hydrogens is 164 g/mol. The van der Waals surface area contributed by atoms with Gasteiger partial charge in [0.15, 0.2) is 0 Å². The maximum Gasteiger partial charge on any atom is 0.240 e. The Balaban J connectivity index is 2.89. The first kappa shape index (κ1) is 9.96. The third-order valence-corrected chi connectivity index (χ3v) is 2.06. The number of hydrogen-bond donors (Lipinski definition) is 0. The van der Waals surface area contributed by atoms with Gasteiger partial charge in [0.05, 0.1) is 0 Å². The van der Waals surface area contributed by atoms with E-state index in [0.29, 0.717) is 11.8 Å². The molecule has 0 bridgehead atoms. The first-order valence-electron chi connectivity index (χ1n) is 4.38. The highest BCUT2D eigenvalue weighted by atomic mass is 16.4. The molecule has 13 heavy (non-hydrogen) atoms. The van der Waals surface area contributed by atoms with Gasteiger partial charge in [0, 0.05) is 13.0 Å². The molecule has 0 unspecified atom stereocenters. The molecule has 1 aromatic rings. The summed E-state index contributed by atoms with van der Waals surface area (Å²) in [5.74, 6) is 1.19. The highest BCUT2D eigenvalue weighted by molar-refractivity contribution is 5.44. The standard InChI is InChI=1S/C10H16N2O/c1-7(10(3,4)5)6-9-12-11-8(2)13-9/h6H,1-5H3/b7-6+. The first-order chi connectivity index (χ1) is 5.89. The Morgan fingerprint density at radius 2 is 1.92 bits per heavy atom. The molecule has 0 spiro atoms. The van der Waals surface area contributed by atoms with Crippen LogP contribution in [0.2, 0.25) is 0 Å². The lowest BCUT2D eigenvalue weighted by atomic mass is 9.87. The summed E-state index contributed by atoms with van der Waals surface area (Å²) in [5.41, 5.74) is 1.39. The van der Waals surface area contributed by atoms with Crippen LogP contribution >= 0.6 is 0 Å². The predicted octanol–water partition coefficient (Wildman–Crippen LogP) is 2.83. The van der Waals surface area contributed by atoms with Gasteiger partial charge in [-0.3, -0.25) is 0 Å². The molecule has 0 aliphatic heterocycles. The predicted molar refractivity (Wildman–Crippen MR) is 52.1 cm³/mol. The van der Waals surface area contributed by atoms with Crippen LogP contribution in [0.1, 0.15) is 39.5 Å². The number of aromatic nitrogens is 2. The molecule has 0 N–H and O–H groups in total. The lowest BCUT2D eigenvalue weighted by molar-refractivity contribution is 0.493. The molecule has 0 atom stereocenters. The quantitative estimate of drug-likeness (QED) is 0.667. The fourth-order valence-electron chi connectivity index (χ4n) is 0.772. The van der Waals surface area contributed by atoms with Crippen molar-refractivity contribution in [3.05, 3.63) is 17.4 Å². The van der Waals surface area contributed by atoms with E-state index in [0.717, 1.165) is 0 Å². The molecular formula is C10H16N2O. The van der Waals surface area contributed by atoms with Gasteiger partial charge in [-0.15, -0.1) is 10.2 Å². The van der Waals surface area contributed by atoms with Crippen molar-refractivity contribution in [2.75, 3.05) is 0 Å². The molecule has 0 aliphatic carbocycles. The zero-order valence-corrected chi connectivity index (χ0v) is 8.88. The largest absolute Gasteiger partial charge is 0.422 e. The summed E-state index contributed by atoms with van der Waals surface area (Å²) in [5, 5.41) is 7.67. The van der Waals surface area contributed by atoms with Gasteiger partial charge in [-0.05, 0) is 12.3 Å². The van der Waals surface area contributed by atoms with Crippen molar-refractivity contribution < 1.29 is 4.42 Å². The van der Waals surface area contributed by atoms with Gasteiger partial charge in [-0.25, -0.2) is 0 Å². The average Bonchev–Trinajstić information content (AvgIpc) is 2.33. The summed E-state index contributed by atoms with van der Waals surface area (Å²) >= 11 is 0. The number of nitrogens with zero attached hydrogens (tertiary/aromatic N) is 2. The van der Waals surface area contributed by atoms with E-state index in [9.17, 15) is 0 Å². The third-order valence-electron chi connectivity index (χ3n) is 2.06. The van der Waals surface area contributed by atoms with E-state index in [1.807, 2.05) is 6.08 Å². The molecule has 1 heterocycles. The van der Waals surface area contributed by atoms with E-state index < -0.39 is 0 Å². The average molecular weight is 180 g/mol. The first-order valence-corrected chi connectivity index (χ1v) is 4.38. The molecule has 0 fully saturated rings. The normalized spacial score (nSPS) is 13.5. The molecule has 1 aromatic heterocycles. The fourth-order valence-corrected chi connectivity index (χ4v) is 0.772. The topological polar surface area (TPSA) is 38.9 Å². The molecule has 1 rings (SSSR count). The molecule has 0 aromatic carbocycles. The van der Waals surface area contributed by atoms with Crippen molar-refractivity contribution in [1.29, 1.82) is 0 Å². The maximum atomic E-state index is 5.25. The summed E-state index contributed by atoms with van der Waals surface area (Å²) in [6.07, 6.45) is 1.93. The van der Waals surface area contributed by atoms with Crippen molar-refractivity contribution >= 4 is 6.08 Å². The van der Waals surface area contributed by atoms with Crippen molar-refractivity contribution in [3.63, 3.8) is 0 Å².